The standard InChI is InChI=1S/C14H14F3N5OS/c15-14(16,17)10-4-2-1-3-9(10)11(23)21-5-7-22(8-6-21)13-20-19-12(18)24-13/h1-4H,5-8H2,(H2,18,19). The summed E-state index contributed by atoms with van der Waals surface area (Å²) >= 11 is 1.24. The number of amides is 1. The van der Waals surface area contributed by atoms with Crippen molar-refractivity contribution in [2.75, 3.05) is 36.8 Å². The summed E-state index contributed by atoms with van der Waals surface area (Å²) in [6.07, 6.45) is -4.56. The fraction of sp³-hybridized carbons (Fsp3) is 0.357. The van der Waals surface area contributed by atoms with Gasteiger partial charge in [0.15, 0.2) is 0 Å². The van der Waals surface area contributed by atoms with Gasteiger partial charge < -0.3 is 15.5 Å². The zero-order valence-electron chi connectivity index (χ0n) is 12.5. The van der Waals surface area contributed by atoms with Crippen molar-refractivity contribution >= 4 is 27.5 Å². The molecule has 1 aromatic heterocycles. The molecule has 0 radical (unpaired) electrons. The van der Waals surface area contributed by atoms with Gasteiger partial charge in [0.25, 0.3) is 5.91 Å². The van der Waals surface area contributed by atoms with Gasteiger partial charge in [0.2, 0.25) is 10.3 Å². The van der Waals surface area contributed by atoms with Crippen LogP contribution in [0.3, 0.4) is 0 Å². The number of anilines is 2. The first-order valence-corrected chi connectivity index (χ1v) is 7.97. The molecule has 2 N–H and O–H groups in total. The van der Waals surface area contributed by atoms with E-state index in [-0.39, 0.29) is 5.56 Å². The molecule has 128 valence electrons. The average molecular weight is 357 g/mol. The second-order valence-electron chi connectivity index (χ2n) is 5.25. The van der Waals surface area contributed by atoms with Crippen LogP contribution in [0, 0.1) is 0 Å². The van der Waals surface area contributed by atoms with E-state index >= 15 is 0 Å². The van der Waals surface area contributed by atoms with E-state index < -0.39 is 17.6 Å². The van der Waals surface area contributed by atoms with Crippen LogP contribution < -0.4 is 10.6 Å². The van der Waals surface area contributed by atoms with Crippen LogP contribution in [-0.4, -0.2) is 47.2 Å². The first-order chi connectivity index (χ1) is 11.4. The van der Waals surface area contributed by atoms with Crippen LogP contribution in [0.25, 0.3) is 0 Å². The van der Waals surface area contributed by atoms with Crippen LogP contribution in [0.2, 0.25) is 0 Å². The summed E-state index contributed by atoms with van der Waals surface area (Å²) in [7, 11) is 0. The minimum atomic E-state index is -4.56. The maximum Gasteiger partial charge on any atom is 0.417 e. The lowest BCUT2D eigenvalue weighted by Gasteiger charge is -2.34. The molecule has 6 nitrogen and oxygen atoms in total. The Morgan fingerprint density at radius 1 is 1.12 bits per heavy atom. The Hall–Kier alpha value is -2.36. The summed E-state index contributed by atoms with van der Waals surface area (Å²) in [5.41, 5.74) is 4.31. The van der Waals surface area contributed by atoms with E-state index in [4.69, 9.17) is 5.73 Å². The van der Waals surface area contributed by atoms with Crippen LogP contribution >= 0.6 is 11.3 Å². The SMILES string of the molecule is Nc1nnc(N2CCN(C(=O)c3ccccc3C(F)(F)F)CC2)s1. The largest absolute Gasteiger partial charge is 0.417 e. The summed E-state index contributed by atoms with van der Waals surface area (Å²) in [5.74, 6) is -0.612. The highest BCUT2D eigenvalue weighted by atomic mass is 32.1. The molecule has 2 aromatic rings. The Kier molecular flexibility index (Phi) is 4.31. The average Bonchev–Trinajstić information content (AvgIpc) is 3.00. The summed E-state index contributed by atoms with van der Waals surface area (Å²) in [6, 6.07) is 4.84. The van der Waals surface area contributed by atoms with Crippen LogP contribution in [0.1, 0.15) is 15.9 Å². The van der Waals surface area contributed by atoms with Crippen LogP contribution in [-0.2, 0) is 6.18 Å². The van der Waals surface area contributed by atoms with Gasteiger partial charge >= 0.3 is 6.18 Å². The number of hydrogen-bond donors (Lipinski definition) is 1. The Balaban J connectivity index is 1.72. The first kappa shape index (κ1) is 16.5. The molecule has 24 heavy (non-hydrogen) atoms. The van der Waals surface area contributed by atoms with Crippen molar-refractivity contribution in [1.29, 1.82) is 0 Å². The number of halogens is 3. The van der Waals surface area contributed by atoms with Crippen molar-refractivity contribution < 1.29 is 18.0 Å². The number of nitrogens with two attached hydrogens (primary N) is 1. The van der Waals surface area contributed by atoms with Crippen molar-refractivity contribution in [2.45, 2.75) is 6.18 Å². The molecule has 1 aliphatic heterocycles. The molecule has 10 heteroatoms. The molecule has 1 aliphatic rings. The summed E-state index contributed by atoms with van der Waals surface area (Å²) in [6.45, 7) is 1.55. The van der Waals surface area contributed by atoms with E-state index in [0.29, 0.717) is 36.4 Å². The van der Waals surface area contributed by atoms with Crippen molar-refractivity contribution in [3.05, 3.63) is 35.4 Å². The van der Waals surface area contributed by atoms with E-state index in [1.807, 2.05) is 4.90 Å². The van der Waals surface area contributed by atoms with Crippen LogP contribution in [0.4, 0.5) is 23.4 Å². The number of rotatable bonds is 2. The topological polar surface area (TPSA) is 75.3 Å². The molecule has 0 spiro atoms. The van der Waals surface area contributed by atoms with Crippen molar-refractivity contribution in [1.82, 2.24) is 15.1 Å². The molecule has 0 unspecified atom stereocenters. The minimum absolute atomic E-state index is 0.310. The van der Waals surface area contributed by atoms with Gasteiger partial charge in [-0.1, -0.05) is 23.5 Å². The van der Waals surface area contributed by atoms with Crippen molar-refractivity contribution in [3.63, 3.8) is 0 Å². The second-order valence-corrected chi connectivity index (χ2v) is 6.23. The quantitative estimate of drug-likeness (QED) is 0.891. The summed E-state index contributed by atoms with van der Waals surface area (Å²) in [4.78, 5) is 15.8. The maximum absolute atomic E-state index is 13.1. The van der Waals surface area contributed by atoms with Gasteiger partial charge in [-0.2, -0.15) is 13.2 Å². The molecule has 0 atom stereocenters. The Morgan fingerprint density at radius 2 is 1.79 bits per heavy atom. The number of hydrogen-bond acceptors (Lipinski definition) is 6. The third-order valence-corrected chi connectivity index (χ3v) is 4.54. The van der Waals surface area contributed by atoms with E-state index in [0.717, 1.165) is 6.07 Å². The first-order valence-electron chi connectivity index (χ1n) is 7.15. The molecule has 3 rings (SSSR count). The molecule has 1 amide bonds. The van der Waals surface area contributed by atoms with Gasteiger partial charge in [-0.25, -0.2) is 0 Å². The third-order valence-electron chi connectivity index (χ3n) is 3.73. The highest BCUT2D eigenvalue weighted by Gasteiger charge is 2.36. The number of piperazine rings is 1. The predicted octanol–water partition coefficient (Wildman–Crippen LogP) is 2.10. The highest BCUT2D eigenvalue weighted by molar-refractivity contribution is 7.18. The van der Waals surface area contributed by atoms with Gasteiger partial charge in [-0.3, -0.25) is 4.79 Å². The lowest BCUT2D eigenvalue weighted by Crippen LogP contribution is -2.49. The monoisotopic (exact) mass is 357 g/mol. The molecule has 1 fully saturated rings. The normalized spacial score (nSPS) is 15.6. The molecule has 0 saturated carbocycles. The fourth-order valence-corrected chi connectivity index (χ4v) is 3.20. The predicted molar refractivity (Wildman–Crippen MR) is 83.9 cm³/mol. The molecule has 2 heterocycles. The van der Waals surface area contributed by atoms with E-state index in [1.165, 1.54) is 34.4 Å². The fourth-order valence-electron chi connectivity index (χ4n) is 2.54. The number of nitrogens with zero attached hydrogens (tertiary/aromatic N) is 4. The van der Waals surface area contributed by atoms with Gasteiger partial charge in [0.05, 0.1) is 11.1 Å². The van der Waals surface area contributed by atoms with Crippen LogP contribution in [0.5, 0.6) is 0 Å². The van der Waals surface area contributed by atoms with Crippen molar-refractivity contribution in [2.24, 2.45) is 0 Å². The molecular formula is C14H14F3N5OS. The lowest BCUT2D eigenvalue weighted by molar-refractivity contribution is -0.138. The van der Waals surface area contributed by atoms with Gasteiger partial charge in [-0.15, -0.1) is 10.2 Å². The Morgan fingerprint density at radius 3 is 2.38 bits per heavy atom. The second kappa shape index (κ2) is 6.27. The third kappa shape index (κ3) is 3.28. The number of aromatic nitrogens is 2. The Labute approximate surface area is 139 Å². The number of carbonyl (C=O) groups excluding carboxylic acids is 1. The number of alkyl halides is 3. The van der Waals surface area contributed by atoms with E-state index in [1.54, 1.807) is 0 Å². The molecule has 0 aliphatic carbocycles. The van der Waals surface area contributed by atoms with Crippen molar-refractivity contribution in [3.8, 4) is 0 Å². The Bertz CT molecular complexity index is 740. The van der Waals surface area contributed by atoms with Gasteiger partial charge in [-0.05, 0) is 12.1 Å². The lowest BCUT2D eigenvalue weighted by atomic mass is 10.1. The highest BCUT2D eigenvalue weighted by Crippen LogP contribution is 2.32. The molecule has 1 aromatic carbocycles. The van der Waals surface area contributed by atoms with E-state index in [9.17, 15) is 18.0 Å². The molecular weight excluding hydrogens is 343 g/mol. The molecule has 0 bridgehead atoms. The summed E-state index contributed by atoms with van der Waals surface area (Å²) in [5, 5.41) is 8.66. The zero-order chi connectivity index (χ0) is 17.3. The van der Waals surface area contributed by atoms with Gasteiger partial charge in [0.1, 0.15) is 0 Å². The van der Waals surface area contributed by atoms with Gasteiger partial charge in [0, 0.05) is 26.2 Å². The maximum atomic E-state index is 13.1. The van der Waals surface area contributed by atoms with Crippen LogP contribution in [0.15, 0.2) is 24.3 Å². The minimum Gasteiger partial charge on any atom is -0.374 e. The smallest absolute Gasteiger partial charge is 0.374 e. The number of benzene rings is 1. The van der Waals surface area contributed by atoms with E-state index in [2.05, 4.69) is 10.2 Å². The zero-order valence-corrected chi connectivity index (χ0v) is 13.3. The number of nitrogen functional groups attached to an aromatic ring is 1. The molecule has 1 saturated heterocycles. The summed E-state index contributed by atoms with van der Waals surface area (Å²) < 4.78 is 39.2. The number of carbonyl (C=O) groups is 1.